The molecule has 0 saturated carbocycles. The Kier molecular flexibility index (Phi) is 1.74. The Bertz CT molecular complexity index is 346. The average Bonchev–Trinajstić information content (AvgIpc) is 2.65. The zero-order chi connectivity index (χ0) is 8.39. The molecule has 0 unspecified atom stereocenters. The third-order valence-electron chi connectivity index (χ3n) is 1.96. The van der Waals surface area contributed by atoms with Crippen molar-refractivity contribution in [3.8, 4) is 0 Å². The van der Waals surface area contributed by atoms with Gasteiger partial charge in [-0.15, -0.1) is 0 Å². The minimum atomic E-state index is 0.825. The molecule has 2 heteroatoms. The lowest BCUT2D eigenvalue weighted by molar-refractivity contribution is 0.491. The normalized spacial score (nSPS) is 10.4. The molecular weight excluding hydrogens is 150 g/mol. The van der Waals surface area contributed by atoms with Gasteiger partial charge >= 0.3 is 0 Å². The Morgan fingerprint density at radius 1 is 1.33 bits per heavy atom. The summed E-state index contributed by atoms with van der Waals surface area (Å²) in [5.74, 6) is 0.995. The summed E-state index contributed by atoms with van der Waals surface area (Å²) in [5.41, 5.74) is 1.26. The topological polar surface area (TPSA) is 18.1 Å². The Hall–Kier alpha value is -1.44. The molecule has 0 spiro atoms. The first kappa shape index (κ1) is 7.22. The van der Waals surface area contributed by atoms with E-state index >= 15 is 0 Å². The fourth-order valence-electron chi connectivity index (χ4n) is 1.25. The maximum absolute atomic E-state index is 5.24. The van der Waals surface area contributed by atoms with Gasteiger partial charge in [-0.25, -0.2) is 0 Å². The monoisotopic (exact) mass is 161 g/mol. The van der Waals surface area contributed by atoms with Crippen molar-refractivity contribution in [2.24, 2.45) is 0 Å². The number of aryl methyl sites for hydroxylation is 1. The third kappa shape index (κ3) is 1.28. The zero-order valence-corrected chi connectivity index (χ0v) is 7.03. The molecule has 0 fully saturated rings. The van der Waals surface area contributed by atoms with Crippen LogP contribution < -0.4 is 0 Å². The van der Waals surface area contributed by atoms with Gasteiger partial charge in [-0.3, -0.25) is 0 Å². The predicted octanol–water partition coefficient (Wildman–Crippen LogP) is 2.44. The molecule has 0 radical (unpaired) electrons. The van der Waals surface area contributed by atoms with Crippen LogP contribution in [-0.4, -0.2) is 4.57 Å². The number of aromatic nitrogens is 1. The fraction of sp³-hybridized carbons (Fsp3) is 0.200. The van der Waals surface area contributed by atoms with Gasteiger partial charge in [-0.1, -0.05) is 0 Å². The van der Waals surface area contributed by atoms with Gasteiger partial charge in [-0.2, -0.15) is 0 Å². The van der Waals surface area contributed by atoms with Crippen LogP contribution in [-0.2, 0) is 6.54 Å². The van der Waals surface area contributed by atoms with Crippen molar-refractivity contribution in [1.29, 1.82) is 0 Å². The molecule has 62 valence electrons. The Labute approximate surface area is 71.4 Å². The second-order valence-corrected chi connectivity index (χ2v) is 2.86. The Morgan fingerprint density at radius 3 is 2.83 bits per heavy atom. The summed E-state index contributed by atoms with van der Waals surface area (Å²) in [6, 6.07) is 8.02. The molecule has 2 rings (SSSR count). The molecule has 0 N–H and O–H groups in total. The van der Waals surface area contributed by atoms with Gasteiger partial charge in [-0.05, 0) is 31.2 Å². The van der Waals surface area contributed by atoms with Gasteiger partial charge in [0.2, 0.25) is 0 Å². The zero-order valence-electron chi connectivity index (χ0n) is 7.03. The van der Waals surface area contributed by atoms with Gasteiger partial charge < -0.3 is 8.98 Å². The molecule has 0 bridgehead atoms. The SMILES string of the molecule is Cc1cccn1Cc1ccco1. The molecule has 2 aromatic rings. The quantitative estimate of drug-likeness (QED) is 0.661. The molecular formula is C10H11NO. The average molecular weight is 161 g/mol. The lowest BCUT2D eigenvalue weighted by atomic mass is 10.4. The largest absolute Gasteiger partial charge is 0.467 e. The van der Waals surface area contributed by atoms with Crippen molar-refractivity contribution in [2.45, 2.75) is 13.5 Å². The maximum atomic E-state index is 5.24. The summed E-state index contributed by atoms with van der Waals surface area (Å²) in [7, 11) is 0. The molecule has 0 aliphatic rings. The van der Waals surface area contributed by atoms with Crippen LogP contribution in [0.4, 0.5) is 0 Å². The maximum Gasteiger partial charge on any atom is 0.123 e. The summed E-state index contributed by atoms with van der Waals surface area (Å²) in [5, 5.41) is 0. The summed E-state index contributed by atoms with van der Waals surface area (Å²) < 4.78 is 7.39. The Morgan fingerprint density at radius 2 is 2.25 bits per heavy atom. The van der Waals surface area contributed by atoms with Crippen LogP contribution in [0.1, 0.15) is 11.5 Å². The highest BCUT2D eigenvalue weighted by Crippen LogP contribution is 2.06. The van der Waals surface area contributed by atoms with E-state index < -0.39 is 0 Å². The lowest BCUT2D eigenvalue weighted by Gasteiger charge is -2.01. The molecule has 0 aliphatic heterocycles. The molecule has 0 atom stereocenters. The van der Waals surface area contributed by atoms with E-state index in [0.717, 1.165) is 12.3 Å². The Balaban J connectivity index is 2.20. The van der Waals surface area contributed by atoms with E-state index in [1.807, 2.05) is 18.2 Å². The number of furan rings is 1. The van der Waals surface area contributed by atoms with Gasteiger partial charge in [0, 0.05) is 11.9 Å². The number of nitrogens with zero attached hydrogens (tertiary/aromatic N) is 1. The van der Waals surface area contributed by atoms with Gasteiger partial charge in [0.25, 0.3) is 0 Å². The minimum Gasteiger partial charge on any atom is -0.467 e. The summed E-state index contributed by atoms with van der Waals surface area (Å²) in [4.78, 5) is 0. The van der Waals surface area contributed by atoms with E-state index in [1.54, 1.807) is 6.26 Å². The van der Waals surface area contributed by atoms with Gasteiger partial charge in [0.1, 0.15) is 5.76 Å². The third-order valence-corrected chi connectivity index (χ3v) is 1.96. The summed E-state index contributed by atoms with van der Waals surface area (Å²) >= 11 is 0. The van der Waals surface area contributed by atoms with E-state index in [4.69, 9.17) is 4.42 Å². The van der Waals surface area contributed by atoms with Crippen molar-refractivity contribution < 1.29 is 4.42 Å². The van der Waals surface area contributed by atoms with Crippen molar-refractivity contribution in [2.75, 3.05) is 0 Å². The smallest absolute Gasteiger partial charge is 0.123 e. The van der Waals surface area contributed by atoms with Crippen molar-refractivity contribution in [3.63, 3.8) is 0 Å². The molecule has 0 saturated heterocycles. The van der Waals surface area contributed by atoms with Crippen LogP contribution in [0, 0.1) is 6.92 Å². The van der Waals surface area contributed by atoms with E-state index in [2.05, 4.69) is 23.8 Å². The lowest BCUT2D eigenvalue weighted by Crippen LogP contribution is -1.97. The molecule has 0 aliphatic carbocycles. The van der Waals surface area contributed by atoms with Crippen molar-refractivity contribution >= 4 is 0 Å². The molecule has 12 heavy (non-hydrogen) atoms. The molecule has 2 aromatic heterocycles. The second-order valence-electron chi connectivity index (χ2n) is 2.86. The summed E-state index contributed by atoms with van der Waals surface area (Å²) in [6.07, 6.45) is 3.76. The standard InChI is InChI=1S/C10H11NO/c1-9-4-2-6-11(9)8-10-5-3-7-12-10/h2-7H,8H2,1H3. The second kappa shape index (κ2) is 2.89. The first-order valence-electron chi connectivity index (χ1n) is 4.00. The van der Waals surface area contributed by atoms with Crippen LogP contribution in [0.15, 0.2) is 41.1 Å². The van der Waals surface area contributed by atoms with E-state index in [0.29, 0.717) is 0 Å². The van der Waals surface area contributed by atoms with Crippen LogP contribution in [0.3, 0.4) is 0 Å². The number of hydrogen-bond acceptors (Lipinski definition) is 1. The fourth-order valence-corrected chi connectivity index (χ4v) is 1.25. The minimum absolute atomic E-state index is 0.825. The molecule has 0 amide bonds. The first-order chi connectivity index (χ1) is 5.86. The highest BCUT2D eigenvalue weighted by Gasteiger charge is 1.98. The first-order valence-corrected chi connectivity index (χ1v) is 4.00. The van der Waals surface area contributed by atoms with Gasteiger partial charge in [0.15, 0.2) is 0 Å². The molecule has 0 aromatic carbocycles. The summed E-state index contributed by atoms with van der Waals surface area (Å²) in [6.45, 7) is 2.91. The highest BCUT2D eigenvalue weighted by atomic mass is 16.3. The van der Waals surface area contributed by atoms with E-state index in [9.17, 15) is 0 Å². The van der Waals surface area contributed by atoms with Crippen LogP contribution in [0.5, 0.6) is 0 Å². The predicted molar refractivity (Wildman–Crippen MR) is 47.0 cm³/mol. The van der Waals surface area contributed by atoms with Crippen LogP contribution in [0.25, 0.3) is 0 Å². The van der Waals surface area contributed by atoms with Crippen LogP contribution in [0.2, 0.25) is 0 Å². The molecule has 2 heterocycles. The van der Waals surface area contributed by atoms with Crippen LogP contribution >= 0.6 is 0 Å². The highest BCUT2D eigenvalue weighted by molar-refractivity contribution is 5.08. The van der Waals surface area contributed by atoms with E-state index in [1.165, 1.54) is 5.69 Å². The molecule has 2 nitrogen and oxygen atoms in total. The van der Waals surface area contributed by atoms with Gasteiger partial charge in [0.05, 0.1) is 12.8 Å². The van der Waals surface area contributed by atoms with E-state index in [-0.39, 0.29) is 0 Å². The number of hydrogen-bond donors (Lipinski definition) is 0. The van der Waals surface area contributed by atoms with Crippen molar-refractivity contribution in [3.05, 3.63) is 48.2 Å². The van der Waals surface area contributed by atoms with Crippen molar-refractivity contribution in [1.82, 2.24) is 4.57 Å². The number of rotatable bonds is 2.